The van der Waals surface area contributed by atoms with Gasteiger partial charge >= 0.3 is 0 Å². The lowest BCUT2D eigenvalue weighted by Crippen LogP contribution is -2.46. The molecule has 1 fully saturated rings. The van der Waals surface area contributed by atoms with E-state index in [1.807, 2.05) is 30.3 Å². The van der Waals surface area contributed by atoms with Crippen molar-refractivity contribution in [2.45, 2.75) is 44.2 Å². The second-order valence-corrected chi connectivity index (χ2v) is 9.32. The van der Waals surface area contributed by atoms with Crippen LogP contribution in [0, 0.1) is 6.92 Å². The molecule has 1 saturated heterocycles. The molecule has 2 N–H and O–H groups in total. The molecule has 0 atom stereocenters. The van der Waals surface area contributed by atoms with E-state index in [0.29, 0.717) is 31.5 Å². The summed E-state index contributed by atoms with van der Waals surface area (Å²) in [5, 5.41) is 2.88. The number of carbonyl (C=O) groups is 2. The van der Waals surface area contributed by atoms with E-state index in [9.17, 15) is 18.0 Å². The van der Waals surface area contributed by atoms with E-state index in [4.69, 9.17) is 0 Å². The minimum absolute atomic E-state index is 0.0699. The third kappa shape index (κ3) is 5.46. The van der Waals surface area contributed by atoms with E-state index in [-0.39, 0.29) is 29.3 Å². The van der Waals surface area contributed by atoms with Gasteiger partial charge in [-0.2, -0.15) is 0 Å². The summed E-state index contributed by atoms with van der Waals surface area (Å²) in [5.41, 5.74) is 1.97. The van der Waals surface area contributed by atoms with Crippen LogP contribution < -0.4 is 10.0 Å². The van der Waals surface area contributed by atoms with Crippen LogP contribution in [0.1, 0.15) is 41.3 Å². The van der Waals surface area contributed by atoms with E-state index in [1.165, 1.54) is 19.1 Å². The smallest absolute Gasteiger partial charge is 0.254 e. The van der Waals surface area contributed by atoms with Crippen LogP contribution in [-0.4, -0.2) is 44.3 Å². The Morgan fingerprint density at radius 1 is 1.07 bits per heavy atom. The number of carbonyl (C=O) groups excluding carboxylic acids is 2. The predicted octanol–water partition coefficient (Wildman–Crippen LogP) is 2.21. The Bertz CT molecular complexity index is 1010. The Morgan fingerprint density at radius 2 is 1.73 bits per heavy atom. The lowest BCUT2D eigenvalue weighted by molar-refractivity contribution is -0.119. The third-order valence-corrected chi connectivity index (χ3v) is 6.65. The summed E-state index contributed by atoms with van der Waals surface area (Å²) >= 11 is 0. The molecule has 0 aliphatic carbocycles. The lowest BCUT2D eigenvalue weighted by atomic mass is 10.0. The molecule has 7 nitrogen and oxygen atoms in total. The van der Waals surface area contributed by atoms with E-state index < -0.39 is 10.0 Å². The number of rotatable bonds is 6. The van der Waals surface area contributed by atoms with Gasteiger partial charge in [-0.05, 0) is 43.0 Å². The van der Waals surface area contributed by atoms with Crippen LogP contribution in [0.3, 0.4) is 0 Å². The maximum absolute atomic E-state index is 13.0. The van der Waals surface area contributed by atoms with E-state index in [2.05, 4.69) is 10.0 Å². The second kappa shape index (κ2) is 9.40. The molecule has 0 aromatic heterocycles. The molecule has 1 aliphatic heterocycles. The number of nitrogens with one attached hydrogen (secondary N) is 2. The molecule has 30 heavy (non-hydrogen) atoms. The van der Waals surface area contributed by atoms with Crippen molar-refractivity contribution in [3.05, 3.63) is 65.2 Å². The van der Waals surface area contributed by atoms with Crippen LogP contribution in [0.15, 0.2) is 53.4 Å². The van der Waals surface area contributed by atoms with Crippen molar-refractivity contribution in [2.75, 3.05) is 13.1 Å². The SMILES string of the molecule is CC(=O)NC1CCN(C(=O)c2cc(S(=O)(=O)NCc3ccccc3)ccc2C)CC1. The van der Waals surface area contributed by atoms with Gasteiger partial charge in [0.2, 0.25) is 15.9 Å². The first kappa shape index (κ1) is 22.0. The zero-order valence-electron chi connectivity index (χ0n) is 17.2. The summed E-state index contributed by atoms with van der Waals surface area (Å²) < 4.78 is 28.1. The highest BCUT2D eigenvalue weighted by Gasteiger charge is 2.26. The fraction of sp³-hybridized carbons (Fsp3) is 0.364. The third-order valence-electron chi connectivity index (χ3n) is 5.25. The van der Waals surface area contributed by atoms with Crippen LogP contribution in [0.4, 0.5) is 0 Å². The zero-order chi connectivity index (χ0) is 21.7. The fourth-order valence-electron chi connectivity index (χ4n) is 3.54. The van der Waals surface area contributed by atoms with Gasteiger partial charge < -0.3 is 10.2 Å². The molecular weight excluding hydrogens is 402 g/mol. The summed E-state index contributed by atoms with van der Waals surface area (Å²) in [6.45, 7) is 4.50. The van der Waals surface area contributed by atoms with Crippen molar-refractivity contribution in [1.29, 1.82) is 0 Å². The first-order chi connectivity index (χ1) is 14.3. The number of aryl methyl sites for hydroxylation is 1. The normalized spacial score (nSPS) is 15.1. The number of hydrogen-bond acceptors (Lipinski definition) is 4. The van der Waals surface area contributed by atoms with Gasteiger partial charge in [0.05, 0.1) is 4.90 Å². The fourth-order valence-corrected chi connectivity index (χ4v) is 4.58. The van der Waals surface area contributed by atoms with E-state index in [1.54, 1.807) is 17.9 Å². The summed E-state index contributed by atoms with van der Waals surface area (Å²) in [6.07, 6.45) is 1.36. The minimum Gasteiger partial charge on any atom is -0.353 e. The Morgan fingerprint density at radius 3 is 2.37 bits per heavy atom. The molecule has 2 aromatic rings. The summed E-state index contributed by atoms with van der Waals surface area (Å²) in [5.74, 6) is -0.259. The van der Waals surface area contributed by atoms with E-state index >= 15 is 0 Å². The average molecular weight is 430 g/mol. The van der Waals surface area contributed by atoms with Crippen LogP contribution in [0.2, 0.25) is 0 Å². The first-order valence-electron chi connectivity index (χ1n) is 9.97. The number of likely N-dealkylation sites (tertiary alicyclic amines) is 1. The van der Waals surface area contributed by atoms with Gasteiger partial charge in [0, 0.05) is 38.2 Å². The summed E-state index contributed by atoms with van der Waals surface area (Å²) in [7, 11) is -3.75. The largest absolute Gasteiger partial charge is 0.353 e. The van der Waals surface area contributed by atoms with Gasteiger partial charge in [0.25, 0.3) is 5.91 Å². The quantitative estimate of drug-likeness (QED) is 0.736. The molecule has 8 heteroatoms. The Balaban J connectivity index is 1.71. The summed E-state index contributed by atoms with van der Waals surface area (Å²) in [4.78, 5) is 26.0. The molecular formula is C22H27N3O4S. The van der Waals surface area contributed by atoms with Crippen LogP contribution in [-0.2, 0) is 21.4 Å². The maximum atomic E-state index is 13.0. The number of benzene rings is 2. The van der Waals surface area contributed by atoms with Crippen molar-refractivity contribution in [3.8, 4) is 0 Å². The lowest BCUT2D eigenvalue weighted by Gasteiger charge is -2.32. The molecule has 3 rings (SSSR count). The predicted molar refractivity (Wildman–Crippen MR) is 114 cm³/mol. The van der Waals surface area contributed by atoms with Gasteiger partial charge in [0.1, 0.15) is 0 Å². The molecule has 2 amide bonds. The molecule has 0 radical (unpaired) electrons. The monoisotopic (exact) mass is 429 g/mol. The average Bonchev–Trinajstić information content (AvgIpc) is 2.73. The highest BCUT2D eigenvalue weighted by Crippen LogP contribution is 2.20. The number of piperidine rings is 1. The summed E-state index contributed by atoms with van der Waals surface area (Å²) in [6, 6.07) is 14.0. The van der Waals surface area contributed by atoms with Crippen LogP contribution in [0.5, 0.6) is 0 Å². The number of hydrogen-bond donors (Lipinski definition) is 2. The minimum atomic E-state index is -3.75. The van der Waals surface area contributed by atoms with Gasteiger partial charge in [-0.15, -0.1) is 0 Å². The molecule has 160 valence electrons. The number of amides is 2. The van der Waals surface area contributed by atoms with Gasteiger partial charge in [0.15, 0.2) is 0 Å². The first-order valence-corrected chi connectivity index (χ1v) is 11.5. The van der Waals surface area contributed by atoms with Crippen LogP contribution in [0.25, 0.3) is 0 Å². The molecule has 0 spiro atoms. The molecule has 0 saturated carbocycles. The Labute approximate surface area is 177 Å². The van der Waals surface area contributed by atoms with Crippen molar-refractivity contribution >= 4 is 21.8 Å². The molecule has 0 unspecified atom stereocenters. The number of sulfonamides is 1. The zero-order valence-corrected chi connectivity index (χ0v) is 18.0. The standard InChI is InChI=1S/C22H27N3O4S/c1-16-8-9-20(30(28,29)23-15-18-6-4-3-5-7-18)14-21(16)22(27)25-12-10-19(11-13-25)24-17(2)26/h3-9,14,19,23H,10-13,15H2,1-2H3,(H,24,26). The number of nitrogens with zero attached hydrogens (tertiary/aromatic N) is 1. The van der Waals surface area contributed by atoms with Crippen molar-refractivity contribution < 1.29 is 18.0 Å². The second-order valence-electron chi connectivity index (χ2n) is 7.55. The van der Waals surface area contributed by atoms with Crippen molar-refractivity contribution in [2.24, 2.45) is 0 Å². The van der Waals surface area contributed by atoms with Gasteiger partial charge in [-0.3, -0.25) is 9.59 Å². The van der Waals surface area contributed by atoms with Crippen LogP contribution >= 0.6 is 0 Å². The maximum Gasteiger partial charge on any atom is 0.254 e. The Kier molecular flexibility index (Phi) is 6.89. The molecule has 1 aliphatic rings. The molecule has 2 aromatic carbocycles. The Hall–Kier alpha value is -2.71. The van der Waals surface area contributed by atoms with Gasteiger partial charge in [-0.1, -0.05) is 36.4 Å². The van der Waals surface area contributed by atoms with Crippen molar-refractivity contribution in [1.82, 2.24) is 14.9 Å². The van der Waals surface area contributed by atoms with Crippen molar-refractivity contribution in [3.63, 3.8) is 0 Å². The highest BCUT2D eigenvalue weighted by atomic mass is 32.2. The molecule has 1 heterocycles. The van der Waals surface area contributed by atoms with E-state index in [0.717, 1.165) is 11.1 Å². The topological polar surface area (TPSA) is 95.6 Å². The highest BCUT2D eigenvalue weighted by molar-refractivity contribution is 7.89. The van der Waals surface area contributed by atoms with Gasteiger partial charge in [-0.25, -0.2) is 13.1 Å². The molecule has 0 bridgehead atoms.